The van der Waals surface area contributed by atoms with Crippen molar-refractivity contribution in [1.82, 2.24) is 9.80 Å². The number of anilines is 1. The molecule has 2 atom stereocenters. The van der Waals surface area contributed by atoms with Crippen LogP contribution >= 0.6 is 0 Å². The second kappa shape index (κ2) is 7.64. The van der Waals surface area contributed by atoms with Gasteiger partial charge in [0.05, 0.1) is 11.5 Å². The third-order valence-corrected chi connectivity index (χ3v) is 6.25. The van der Waals surface area contributed by atoms with E-state index in [1.807, 2.05) is 67.5 Å². The standard InChI is InChI=1S/C24H29N3O2/c1-4-8-21-24(19-11-5-6-12-20(19)25-23(24)29)13-14-27(21)22(28)18-10-7-9-17(15-18)16-26(2)3/h5-7,9-12,15,21H,4,8,13-14,16H2,1-3H3,(H,25,29)/t21-,24+/m0/s1. The van der Waals surface area contributed by atoms with Gasteiger partial charge in [0.1, 0.15) is 0 Å². The molecule has 2 aromatic carbocycles. The third kappa shape index (κ3) is 3.23. The number of hydrogen-bond donors (Lipinski definition) is 1. The van der Waals surface area contributed by atoms with E-state index in [0.29, 0.717) is 18.5 Å². The highest BCUT2D eigenvalue weighted by atomic mass is 16.2. The number of nitrogens with zero attached hydrogens (tertiary/aromatic N) is 2. The Labute approximate surface area is 172 Å². The first kappa shape index (κ1) is 19.6. The van der Waals surface area contributed by atoms with Crippen molar-refractivity contribution in [3.05, 3.63) is 65.2 Å². The number of fused-ring (bicyclic) bond motifs is 2. The Hall–Kier alpha value is -2.66. The molecule has 0 aromatic heterocycles. The van der Waals surface area contributed by atoms with Crippen LogP contribution in [0.15, 0.2) is 48.5 Å². The molecule has 0 unspecified atom stereocenters. The lowest BCUT2D eigenvalue weighted by atomic mass is 9.73. The van der Waals surface area contributed by atoms with Crippen molar-refractivity contribution in [3.63, 3.8) is 0 Å². The van der Waals surface area contributed by atoms with E-state index in [2.05, 4.69) is 17.1 Å². The Morgan fingerprint density at radius 2 is 2.00 bits per heavy atom. The van der Waals surface area contributed by atoms with Gasteiger partial charge in [-0.05, 0) is 56.3 Å². The summed E-state index contributed by atoms with van der Waals surface area (Å²) in [5.74, 6) is 0.0620. The number of para-hydroxylation sites is 1. The maximum atomic E-state index is 13.5. The van der Waals surface area contributed by atoms with Crippen molar-refractivity contribution in [3.8, 4) is 0 Å². The van der Waals surface area contributed by atoms with Gasteiger partial charge in [0.15, 0.2) is 0 Å². The fourth-order valence-electron chi connectivity index (χ4n) is 5.05. The third-order valence-electron chi connectivity index (χ3n) is 6.25. The molecule has 0 radical (unpaired) electrons. The van der Waals surface area contributed by atoms with E-state index < -0.39 is 5.41 Å². The zero-order valence-electron chi connectivity index (χ0n) is 17.4. The van der Waals surface area contributed by atoms with Crippen LogP contribution in [-0.2, 0) is 16.8 Å². The number of carbonyl (C=O) groups is 2. The highest BCUT2D eigenvalue weighted by Crippen LogP contribution is 2.49. The van der Waals surface area contributed by atoms with Gasteiger partial charge in [-0.25, -0.2) is 0 Å². The van der Waals surface area contributed by atoms with Crippen molar-refractivity contribution in [2.24, 2.45) is 0 Å². The van der Waals surface area contributed by atoms with E-state index >= 15 is 0 Å². The lowest BCUT2D eigenvalue weighted by molar-refractivity contribution is -0.121. The zero-order chi connectivity index (χ0) is 20.6. The molecule has 2 aliphatic heterocycles. The second-order valence-corrected chi connectivity index (χ2v) is 8.46. The molecule has 5 nitrogen and oxygen atoms in total. The number of hydrogen-bond acceptors (Lipinski definition) is 3. The molecule has 2 heterocycles. The lowest BCUT2D eigenvalue weighted by Gasteiger charge is -2.34. The first-order chi connectivity index (χ1) is 14.0. The van der Waals surface area contributed by atoms with Gasteiger partial charge in [0.25, 0.3) is 5.91 Å². The van der Waals surface area contributed by atoms with Crippen molar-refractivity contribution >= 4 is 17.5 Å². The van der Waals surface area contributed by atoms with Gasteiger partial charge in [-0.2, -0.15) is 0 Å². The smallest absolute Gasteiger partial charge is 0.254 e. The molecular weight excluding hydrogens is 362 g/mol. The summed E-state index contributed by atoms with van der Waals surface area (Å²) in [4.78, 5) is 30.7. The van der Waals surface area contributed by atoms with E-state index in [-0.39, 0.29) is 17.9 Å². The Morgan fingerprint density at radius 1 is 1.21 bits per heavy atom. The van der Waals surface area contributed by atoms with E-state index in [1.165, 1.54) is 0 Å². The molecule has 1 fully saturated rings. The fraction of sp³-hybridized carbons (Fsp3) is 0.417. The number of benzene rings is 2. The largest absolute Gasteiger partial charge is 0.334 e. The van der Waals surface area contributed by atoms with Gasteiger partial charge < -0.3 is 15.1 Å². The van der Waals surface area contributed by atoms with Crippen LogP contribution in [0.4, 0.5) is 5.69 Å². The maximum absolute atomic E-state index is 13.5. The monoisotopic (exact) mass is 391 g/mol. The summed E-state index contributed by atoms with van der Waals surface area (Å²) in [6.07, 6.45) is 2.40. The van der Waals surface area contributed by atoms with Crippen LogP contribution in [0.25, 0.3) is 0 Å². The summed E-state index contributed by atoms with van der Waals surface area (Å²) >= 11 is 0. The summed E-state index contributed by atoms with van der Waals surface area (Å²) in [5.41, 5.74) is 3.12. The molecule has 1 N–H and O–H groups in total. The normalized spacial score (nSPS) is 23.0. The van der Waals surface area contributed by atoms with Gasteiger partial charge in [0.2, 0.25) is 5.91 Å². The predicted octanol–water partition coefficient (Wildman–Crippen LogP) is 3.65. The Kier molecular flexibility index (Phi) is 5.17. The van der Waals surface area contributed by atoms with Crippen LogP contribution in [0.3, 0.4) is 0 Å². The fourth-order valence-corrected chi connectivity index (χ4v) is 5.05. The molecule has 2 amide bonds. The Bertz CT molecular complexity index is 939. The van der Waals surface area contributed by atoms with Gasteiger partial charge in [-0.1, -0.05) is 43.7 Å². The quantitative estimate of drug-likeness (QED) is 0.846. The molecule has 1 spiro atoms. The minimum absolute atomic E-state index is 0.0260. The zero-order valence-corrected chi connectivity index (χ0v) is 17.4. The van der Waals surface area contributed by atoms with E-state index in [4.69, 9.17) is 0 Å². The van der Waals surface area contributed by atoms with Gasteiger partial charge in [0, 0.05) is 24.3 Å². The maximum Gasteiger partial charge on any atom is 0.254 e. The molecule has 152 valence electrons. The summed E-state index contributed by atoms with van der Waals surface area (Å²) < 4.78 is 0. The van der Waals surface area contributed by atoms with Crippen molar-refractivity contribution in [2.45, 2.75) is 44.2 Å². The molecular formula is C24H29N3O2. The number of rotatable bonds is 5. The van der Waals surface area contributed by atoms with Crippen LogP contribution in [-0.4, -0.2) is 48.3 Å². The summed E-state index contributed by atoms with van der Waals surface area (Å²) in [5, 5.41) is 3.07. The molecule has 5 heteroatoms. The Morgan fingerprint density at radius 3 is 2.76 bits per heavy atom. The van der Waals surface area contributed by atoms with Gasteiger partial charge >= 0.3 is 0 Å². The first-order valence-electron chi connectivity index (χ1n) is 10.4. The second-order valence-electron chi connectivity index (χ2n) is 8.46. The summed E-state index contributed by atoms with van der Waals surface area (Å²) in [6.45, 7) is 3.51. The van der Waals surface area contributed by atoms with Crippen LogP contribution in [0.2, 0.25) is 0 Å². The molecule has 0 bridgehead atoms. The van der Waals surface area contributed by atoms with Crippen molar-refractivity contribution in [2.75, 3.05) is 26.0 Å². The lowest BCUT2D eigenvalue weighted by Crippen LogP contribution is -2.48. The number of nitrogens with one attached hydrogen (secondary N) is 1. The van der Waals surface area contributed by atoms with Crippen molar-refractivity contribution in [1.29, 1.82) is 0 Å². The molecule has 2 aliphatic rings. The van der Waals surface area contributed by atoms with Crippen molar-refractivity contribution < 1.29 is 9.59 Å². The summed E-state index contributed by atoms with van der Waals surface area (Å²) in [7, 11) is 4.04. The Balaban J connectivity index is 1.69. The van der Waals surface area contributed by atoms with Crippen LogP contribution in [0.1, 0.15) is 47.7 Å². The van der Waals surface area contributed by atoms with E-state index in [1.54, 1.807) is 0 Å². The highest BCUT2D eigenvalue weighted by Gasteiger charge is 2.58. The van der Waals surface area contributed by atoms with E-state index in [0.717, 1.165) is 36.2 Å². The number of likely N-dealkylation sites (tertiary alicyclic amines) is 1. The molecule has 29 heavy (non-hydrogen) atoms. The average molecular weight is 392 g/mol. The SMILES string of the molecule is CCC[C@@H]1N(C(=O)c2cccc(CN(C)C)c2)CC[C@]12C(=O)Nc1ccccc12. The molecule has 2 aromatic rings. The first-order valence-corrected chi connectivity index (χ1v) is 10.4. The molecule has 0 aliphatic carbocycles. The highest BCUT2D eigenvalue weighted by molar-refractivity contribution is 6.08. The number of amides is 2. The van der Waals surface area contributed by atoms with Crippen LogP contribution in [0.5, 0.6) is 0 Å². The topological polar surface area (TPSA) is 52.7 Å². The summed E-state index contributed by atoms with van der Waals surface area (Å²) in [6, 6.07) is 15.7. The van der Waals surface area contributed by atoms with Gasteiger partial charge in [-0.3, -0.25) is 9.59 Å². The molecule has 1 saturated heterocycles. The van der Waals surface area contributed by atoms with Crippen LogP contribution < -0.4 is 5.32 Å². The number of carbonyl (C=O) groups excluding carboxylic acids is 2. The molecule has 4 rings (SSSR count). The van der Waals surface area contributed by atoms with E-state index in [9.17, 15) is 9.59 Å². The minimum atomic E-state index is -0.635. The minimum Gasteiger partial charge on any atom is -0.334 e. The average Bonchev–Trinajstić information content (AvgIpc) is 3.21. The van der Waals surface area contributed by atoms with Crippen LogP contribution in [0, 0.1) is 0 Å². The van der Waals surface area contributed by atoms with Gasteiger partial charge in [-0.15, -0.1) is 0 Å². The predicted molar refractivity (Wildman–Crippen MR) is 115 cm³/mol. The molecule has 0 saturated carbocycles.